The van der Waals surface area contributed by atoms with Gasteiger partial charge in [-0.3, -0.25) is 19.5 Å². The molecule has 0 radical (unpaired) electrons. The number of hydrazone groups is 1. The van der Waals surface area contributed by atoms with E-state index in [2.05, 4.69) is 20.7 Å². The Morgan fingerprint density at radius 2 is 1.75 bits per heavy atom. The number of carbonyl (C=O) groups is 1. The van der Waals surface area contributed by atoms with Crippen LogP contribution in [0.25, 0.3) is 17.1 Å². The smallest absolute Gasteiger partial charge is 0.270 e. The second kappa shape index (κ2) is 11.1. The van der Waals surface area contributed by atoms with Crippen molar-refractivity contribution in [2.75, 3.05) is 5.75 Å². The van der Waals surface area contributed by atoms with Crippen LogP contribution < -0.4 is 5.43 Å². The molecular formula is C25H21ClN6O3S. The minimum absolute atomic E-state index is 0.0257. The zero-order valence-corrected chi connectivity index (χ0v) is 21.0. The van der Waals surface area contributed by atoms with Crippen molar-refractivity contribution in [2.45, 2.75) is 19.0 Å². The van der Waals surface area contributed by atoms with E-state index in [0.29, 0.717) is 16.5 Å². The predicted octanol–water partition coefficient (Wildman–Crippen LogP) is 5.36. The second-order valence-corrected chi connectivity index (χ2v) is 9.24. The highest BCUT2D eigenvalue weighted by Crippen LogP contribution is 2.28. The van der Waals surface area contributed by atoms with Crippen LogP contribution in [-0.4, -0.2) is 37.6 Å². The molecular weight excluding hydrogens is 500 g/mol. The van der Waals surface area contributed by atoms with Crippen LogP contribution in [0.5, 0.6) is 0 Å². The van der Waals surface area contributed by atoms with E-state index in [4.69, 9.17) is 11.6 Å². The molecule has 0 aliphatic rings. The SMILES string of the molecule is Cc1ccc(-c2nnc(SCC(=O)N/N=C\c3cc([N+](=O)[O-])ccc3Cl)n2-c2ccc(C)cc2)cc1. The Morgan fingerprint density at radius 3 is 2.42 bits per heavy atom. The maximum atomic E-state index is 12.4. The molecule has 0 saturated carbocycles. The second-order valence-electron chi connectivity index (χ2n) is 7.89. The van der Waals surface area contributed by atoms with E-state index in [-0.39, 0.29) is 22.4 Å². The molecule has 0 fully saturated rings. The summed E-state index contributed by atoms with van der Waals surface area (Å²) in [5.41, 5.74) is 6.65. The molecule has 0 unspecified atom stereocenters. The number of hydrogen-bond donors (Lipinski definition) is 1. The van der Waals surface area contributed by atoms with Crippen molar-refractivity contribution < 1.29 is 9.72 Å². The fraction of sp³-hybridized carbons (Fsp3) is 0.120. The molecule has 4 aromatic rings. The van der Waals surface area contributed by atoms with Gasteiger partial charge < -0.3 is 0 Å². The maximum Gasteiger partial charge on any atom is 0.270 e. The van der Waals surface area contributed by atoms with Crippen LogP contribution in [0.15, 0.2) is 77.0 Å². The van der Waals surface area contributed by atoms with Gasteiger partial charge in [0.15, 0.2) is 11.0 Å². The summed E-state index contributed by atoms with van der Waals surface area (Å²) in [6.45, 7) is 4.03. The third kappa shape index (κ3) is 5.96. The number of amides is 1. The fourth-order valence-corrected chi connectivity index (χ4v) is 4.17. The van der Waals surface area contributed by atoms with Gasteiger partial charge >= 0.3 is 0 Å². The van der Waals surface area contributed by atoms with E-state index < -0.39 is 4.92 Å². The van der Waals surface area contributed by atoms with E-state index in [0.717, 1.165) is 22.4 Å². The molecule has 0 spiro atoms. The number of hydrogen-bond acceptors (Lipinski definition) is 7. The molecule has 1 heterocycles. The number of thioether (sulfide) groups is 1. The number of nitro benzene ring substituents is 1. The molecule has 0 atom stereocenters. The number of nitro groups is 1. The molecule has 0 saturated heterocycles. The molecule has 1 aromatic heterocycles. The van der Waals surface area contributed by atoms with Gasteiger partial charge in [0.1, 0.15) is 0 Å². The van der Waals surface area contributed by atoms with Gasteiger partial charge in [0, 0.05) is 34.0 Å². The number of benzene rings is 3. The van der Waals surface area contributed by atoms with E-state index >= 15 is 0 Å². The van der Waals surface area contributed by atoms with Gasteiger partial charge in [0.25, 0.3) is 11.6 Å². The first kappa shape index (κ1) is 25.1. The van der Waals surface area contributed by atoms with Crippen molar-refractivity contribution in [1.29, 1.82) is 0 Å². The number of halogens is 1. The largest absolute Gasteiger partial charge is 0.272 e. The van der Waals surface area contributed by atoms with Crippen molar-refractivity contribution in [2.24, 2.45) is 5.10 Å². The average Bonchev–Trinajstić information content (AvgIpc) is 3.28. The van der Waals surface area contributed by atoms with Gasteiger partial charge in [-0.15, -0.1) is 10.2 Å². The van der Waals surface area contributed by atoms with E-state index in [9.17, 15) is 14.9 Å². The molecule has 0 aliphatic carbocycles. The summed E-state index contributed by atoms with van der Waals surface area (Å²) >= 11 is 7.27. The lowest BCUT2D eigenvalue weighted by Crippen LogP contribution is -2.20. The lowest BCUT2D eigenvalue weighted by molar-refractivity contribution is -0.384. The van der Waals surface area contributed by atoms with E-state index in [1.54, 1.807) is 0 Å². The summed E-state index contributed by atoms with van der Waals surface area (Å²) in [5.74, 6) is 0.311. The molecule has 0 aliphatic heterocycles. The monoisotopic (exact) mass is 520 g/mol. The van der Waals surface area contributed by atoms with Crippen LogP contribution in [0.1, 0.15) is 16.7 Å². The first-order valence-corrected chi connectivity index (χ1v) is 12.2. The minimum atomic E-state index is -0.530. The van der Waals surface area contributed by atoms with Gasteiger partial charge in [-0.05, 0) is 32.0 Å². The van der Waals surface area contributed by atoms with Gasteiger partial charge in [-0.2, -0.15) is 5.10 Å². The van der Waals surface area contributed by atoms with Crippen molar-refractivity contribution in [3.63, 3.8) is 0 Å². The first-order chi connectivity index (χ1) is 17.3. The van der Waals surface area contributed by atoms with Gasteiger partial charge in [0.05, 0.1) is 16.9 Å². The Balaban J connectivity index is 1.50. The third-order valence-corrected chi connectivity index (χ3v) is 6.42. The fourth-order valence-electron chi connectivity index (χ4n) is 3.26. The normalized spacial score (nSPS) is 11.1. The third-order valence-electron chi connectivity index (χ3n) is 5.15. The molecule has 11 heteroatoms. The van der Waals surface area contributed by atoms with Crippen molar-refractivity contribution in [3.05, 3.63) is 98.6 Å². The van der Waals surface area contributed by atoms with Crippen molar-refractivity contribution >= 4 is 41.2 Å². The Morgan fingerprint density at radius 1 is 1.08 bits per heavy atom. The number of rotatable bonds is 8. The zero-order chi connectivity index (χ0) is 25.7. The topological polar surface area (TPSA) is 115 Å². The average molecular weight is 521 g/mol. The Labute approximate surface area is 216 Å². The Hall–Kier alpha value is -4.02. The number of aryl methyl sites for hydroxylation is 2. The van der Waals surface area contributed by atoms with Gasteiger partial charge in [-0.1, -0.05) is 70.9 Å². The molecule has 0 bridgehead atoms. The summed E-state index contributed by atoms with van der Waals surface area (Å²) in [5, 5.41) is 24.4. The minimum Gasteiger partial charge on any atom is -0.272 e. The maximum absolute atomic E-state index is 12.4. The molecule has 1 N–H and O–H groups in total. The molecule has 36 heavy (non-hydrogen) atoms. The number of carbonyl (C=O) groups excluding carboxylic acids is 1. The number of non-ortho nitro benzene ring substituents is 1. The van der Waals surface area contributed by atoms with Crippen LogP contribution in [0.3, 0.4) is 0 Å². The number of nitrogens with one attached hydrogen (secondary N) is 1. The highest BCUT2D eigenvalue weighted by atomic mass is 35.5. The van der Waals surface area contributed by atoms with Crippen LogP contribution in [-0.2, 0) is 4.79 Å². The van der Waals surface area contributed by atoms with Gasteiger partial charge in [0.2, 0.25) is 0 Å². The highest BCUT2D eigenvalue weighted by molar-refractivity contribution is 7.99. The first-order valence-electron chi connectivity index (χ1n) is 10.8. The summed E-state index contributed by atoms with van der Waals surface area (Å²) < 4.78 is 1.91. The Bertz CT molecular complexity index is 1440. The standard InChI is InChI=1S/C25H21ClN6O3S/c1-16-3-7-18(8-4-16)24-29-30-25(31(24)20-9-5-17(2)6-10-20)36-15-23(33)28-27-14-19-13-21(32(34)35)11-12-22(19)26/h3-14H,15H2,1-2H3,(H,28,33)/b27-14-. The molecule has 3 aromatic carbocycles. The van der Waals surface area contributed by atoms with Crippen LogP contribution in [0, 0.1) is 24.0 Å². The van der Waals surface area contributed by atoms with Crippen molar-refractivity contribution in [3.8, 4) is 17.1 Å². The zero-order valence-electron chi connectivity index (χ0n) is 19.4. The number of nitrogens with zero attached hydrogens (tertiary/aromatic N) is 5. The van der Waals surface area contributed by atoms with Gasteiger partial charge in [-0.25, -0.2) is 5.43 Å². The number of aromatic nitrogens is 3. The lowest BCUT2D eigenvalue weighted by atomic mass is 10.1. The molecule has 182 valence electrons. The summed E-state index contributed by atoms with van der Waals surface area (Å²) in [7, 11) is 0. The van der Waals surface area contributed by atoms with Crippen molar-refractivity contribution in [1.82, 2.24) is 20.2 Å². The van der Waals surface area contributed by atoms with Crippen LogP contribution in [0.2, 0.25) is 5.02 Å². The summed E-state index contributed by atoms with van der Waals surface area (Å²) in [4.78, 5) is 22.9. The van der Waals surface area contributed by atoms with E-state index in [1.807, 2.05) is 66.9 Å². The highest BCUT2D eigenvalue weighted by Gasteiger charge is 2.17. The summed E-state index contributed by atoms with van der Waals surface area (Å²) in [6.07, 6.45) is 1.27. The quantitative estimate of drug-likeness (QED) is 0.145. The van der Waals surface area contributed by atoms with Crippen LogP contribution >= 0.6 is 23.4 Å². The predicted molar refractivity (Wildman–Crippen MR) is 141 cm³/mol. The molecule has 1 amide bonds. The molecule has 9 nitrogen and oxygen atoms in total. The van der Waals surface area contributed by atoms with E-state index in [1.165, 1.54) is 36.2 Å². The molecule has 4 rings (SSSR count). The Kier molecular flexibility index (Phi) is 7.77. The van der Waals surface area contributed by atoms with Crippen LogP contribution in [0.4, 0.5) is 5.69 Å². The lowest BCUT2D eigenvalue weighted by Gasteiger charge is -2.11. The summed E-state index contributed by atoms with van der Waals surface area (Å²) in [6, 6.07) is 19.9.